The molecule has 0 atom stereocenters. The van der Waals surface area contributed by atoms with Crippen LogP contribution in [0.1, 0.15) is 43.0 Å². The van der Waals surface area contributed by atoms with Gasteiger partial charge >= 0.3 is 0 Å². The summed E-state index contributed by atoms with van der Waals surface area (Å²) in [5.41, 5.74) is 5.26. The van der Waals surface area contributed by atoms with Gasteiger partial charge in [-0.1, -0.05) is 44.4 Å². The van der Waals surface area contributed by atoms with Crippen LogP contribution in [0.25, 0.3) is 0 Å². The number of amides is 2. The zero-order valence-corrected chi connectivity index (χ0v) is 17.8. The van der Waals surface area contributed by atoms with Gasteiger partial charge in [-0.15, -0.1) is 0 Å². The van der Waals surface area contributed by atoms with Gasteiger partial charge in [0.1, 0.15) is 11.5 Å². The molecule has 2 rings (SSSR count). The number of hydrogen-bond acceptors (Lipinski definition) is 5. The molecule has 0 bridgehead atoms. The lowest BCUT2D eigenvalue weighted by atomic mass is 10.2. The highest BCUT2D eigenvalue weighted by Gasteiger charge is 2.09. The van der Waals surface area contributed by atoms with Gasteiger partial charge in [0.25, 0.3) is 11.8 Å². The number of rotatable bonds is 10. The van der Waals surface area contributed by atoms with Crippen molar-refractivity contribution in [3.8, 4) is 11.5 Å². The minimum absolute atomic E-state index is 0.0238. The van der Waals surface area contributed by atoms with Gasteiger partial charge in [-0.3, -0.25) is 25.8 Å². The van der Waals surface area contributed by atoms with E-state index in [1.807, 2.05) is 18.2 Å². The number of ether oxygens (including phenoxy) is 2. The van der Waals surface area contributed by atoms with Crippen LogP contribution in [0.5, 0.6) is 11.5 Å². The van der Waals surface area contributed by atoms with Crippen molar-refractivity contribution in [3.05, 3.63) is 60.2 Å². The number of para-hydroxylation sites is 1. The number of nitrogens with one attached hydrogen (secondary N) is 3. The summed E-state index contributed by atoms with van der Waals surface area (Å²) in [6.07, 6.45) is 4.55. The molecule has 0 aromatic heterocycles. The summed E-state index contributed by atoms with van der Waals surface area (Å²) in [6.45, 7) is 2.64. The van der Waals surface area contributed by atoms with E-state index in [4.69, 9.17) is 21.7 Å². The van der Waals surface area contributed by atoms with Gasteiger partial charge in [0.15, 0.2) is 11.7 Å². The minimum Gasteiger partial charge on any atom is -0.494 e. The summed E-state index contributed by atoms with van der Waals surface area (Å²) < 4.78 is 11.0. The molecular formula is C22H27N3O4S. The van der Waals surface area contributed by atoms with Gasteiger partial charge in [0.2, 0.25) is 0 Å². The summed E-state index contributed by atoms with van der Waals surface area (Å²) in [7, 11) is 0. The third kappa shape index (κ3) is 8.91. The van der Waals surface area contributed by atoms with Gasteiger partial charge in [-0.25, -0.2) is 0 Å². The molecule has 0 aliphatic heterocycles. The Labute approximate surface area is 182 Å². The molecule has 0 aliphatic rings. The van der Waals surface area contributed by atoms with Crippen molar-refractivity contribution in [2.75, 3.05) is 13.2 Å². The van der Waals surface area contributed by atoms with Crippen LogP contribution in [-0.4, -0.2) is 30.1 Å². The molecular weight excluding hydrogens is 402 g/mol. The van der Waals surface area contributed by atoms with Gasteiger partial charge < -0.3 is 9.47 Å². The third-order valence-corrected chi connectivity index (χ3v) is 4.24. The fraction of sp³-hybridized carbons (Fsp3) is 0.318. The van der Waals surface area contributed by atoms with E-state index in [2.05, 4.69) is 23.1 Å². The average Bonchev–Trinajstić information content (AvgIpc) is 2.77. The molecule has 0 aliphatic carbocycles. The molecule has 3 N–H and O–H groups in total. The molecule has 2 amide bonds. The van der Waals surface area contributed by atoms with Crippen LogP contribution in [0.4, 0.5) is 0 Å². The largest absolute Gasteiger partial charge is 0.494 e. The number of hydrogen-bond donors (Lipinski definition) is 3. The van der Waals surface area contributed by atoms with E-state index in [0.29, 0.717) is 17.9 Å². The lowest BCUT2D eigenvalue weighted by Gasteiger charge is -2.12. The summed E-state index contributed by atoms with van der Waals surface area (Å²) in [5, 5.41) is 2.47. The SMILES string of the molecule is CCCCCCOc1ccc(C(=O)NC(=S)NNC(=O)COc2ccccc2)cc1. The summed E-state index contributed by atoms with van der Waals surface area (Å²) in [5.74, 6) is 0.471. The van der Waals surface area contributed by atoms with E-state index in [9.17, 15) is 9.59 Å². The second-order valence-corrected chi connectivity index (χ2v) is 6.90. The van der Waals surface area contributed by atoms with Gasteiger partial charge in [-0.05, 0) is 55.0 Å². The Balaban J connectivity index is 1.66. The van der Waals surface area contributed by atoms with Crippen LogP contribution in [0.15, 0.2) is 54.6 Å². The van der Waals surface area contributed by atoms with E-state index in [-0.39, 0.29) is 11.7 Å². The van der Waals surface area contributed by atoms with Crippen LogP contribution in [-0.2, 0) is 4.79 Å². The van der Waals surface area contributed by atoms with Crippen LogP contribution in [0, 0.1) is 0 Å². The second kappa shape index (κ2) is 13.2. The molecule has 0 saturated heterocycles. The maximum Gasteiger partial charge on any atom is 0.276 e. The molecule has 8 heteroatoms. The lowest BCUT2D eigenvalue weighted by Crippen LogP contribution is -2.49. The molecule has 0 radical (unpaired) electrons. The van der Waals surface area contributed by atoms with Crippen LogP contribution >= 0.6 is 12.2 Å². The third-order valence-electron chi connectivity index (χ3n) is 4.04. The lowest BCUT2D eigenvalue weighted by molar-refractivity contribution is -0.123. The maximum atomic E-state index is 12.2. The van der Waals surface area contributed by atoms with Crippen molar-refractivity contribution in [2.24, 2.45) is 0 Å². The fourth-order valence-electron chi connectivity index (χ4n) is 2.46. The predicted octanol–water partition coefficient (Wildman–Crippen LogP) is 3.36. The van der Waals surface area contributed by atoms with E-state index in [1.165, 1.54) is 12.8 Å². The second-order valence-electron chi connectivity index (χ2n) is 6.49. The van der Waals surface area contributed by atoms with E-state index in [0.717, 1.165) is 18.6 Å². The molecule has 160 valence electrons. The van der Waals surface area contributed by atoms with Gasteiger partial charge in [0.05, 0.1) is 6.61 Å². The topological polar surface area (TPSA) is 88.7 Å². The smallest absolute Gasteiger partial charge is 0.276 e. The molecule has 0 unspecified atom stereocenters. The Morgan fingerprint density at radius 1 is 0.867 bits per heavy atom. The van der Waals surface area contributed by atoms with Crippen molar-refractivity contribution in [1.29, 1.82) is 0 Å². The normalized spacial score (nSPS) is 10.0. The van der Waals surface area contributed by atoms with Crippen molar-refractivity contribution in [2.45, 2.75) is 32.6 Å². The van der Waals surface area contributed by atoms with Gasteiger partial charge in [-0.2, -0.15) is 0 Å². The molecule has 0 saturated carbocycles. The Hall–Kier alpha value is -3.13. The first-order valence-electron chi connectivity index (χ1n) is 9.89. The predicted molar refractivity (Wildman–Crippen MR) is 119 cm³/mol. The number of carbonyl (C=O) groups excluding carboxylic acids is 2. The fourth-order valence-corrected chi connectivity index (χ4v) is 2.60. The minimum atomic E-state index is -0.434. The van der Waals surface area contributed by atoms with Crippen molar-refractivity contribution in [1.82, 2.24) is 16.2 Å². The highest BCUT2D eigenvalue weighted by molar-refractivity contribution is 7.80. The molecule has 0 spiro atoms. The first kappa shape index (κ1) is 23.2. The van der Waals surface area contributed by atoms with Crippen molar-refractivity contribution in [3.63, 3.8) is 0 Å². The molecule has 2 aromatic rings. The standard InChI is InChI=1S/C22H27N3O4S/c1-2-3-4-8-15-28-19-13-11-17(12-14-19)21(27)23-22(30)25-24-20(26)16-29-18-9-6-5-7-10-18/h5-7,9-14H,2-4,8,15-16H2,1H3,(H,24,26)(H2,23,25,27,30). The number of benzene rings is 2. The molecule has 30 heavy (non-hydrogen) atoms. The molecule has 7 nitrogen and oxygen atoms in total. The van der Waals surface area contributed by atoms with Crippen molar-refractivity contribution >= 4 is 29.1 Å². The molecule has 2 aromatic carbocycles. The highest BCUT2D eigenvalue weighted by atomic mass is 32.1. The van der Waals surface area contributed by atoms with Crippen molar-refractivity contribution < 1.29 is 19.1 Å². The highest BCUT2D eigenvalue weighted by Crippen LogP contribution is 2.13. The number of hydrazine groups is 1. The number of thiocarbonyl (C=S) groups is 1. The van der Waals surface area contributed by atoms with Crippen LogP contribution in [0.3, 0.4) is 0 Å². The zero-order valence-electron chi connectivity index (χ0n) is 17.0. The Morgan fingerprint density at radius 2 is 1.57 bits per heavy atom. The van der Waals surface area contributed by atoms with E-state index in [1.54, 1.807) is 36.4 Å². The summed E-state index contributed by atoms with van der Waals surface area (Å²) in [6, 6.07) is 15.8. The average molecular weight is 430 g/mol. The quantitative estimate of drug-likeness (QED) is 0.305. The Kier molecular flexibility index (Phi) is 10.2. The first-order chi connectivity index (χ1) is 14.6. The summed E-state index contributed by atoms with van der Waals surface area (Å²) >= 11 is 5.02. The zero-order chi connectivity index (χ0) is 21.6. The maximum absolute atomic E-state index is 12.2. The Bertz CT molecular complexity index is 813. The number of carbonyl (C=O) groups is 2. The summed E-state index contributed by atoms with van der Waals surface area (Å²) in [4.78, 5) is 24.0. The van der Waals surface area contributed by atoms with E-state index >= 15 is 0 Å². The van der Waals surface area contributed by atoms with Crippen LogP contribution < -0.4 is 25.6 Å². The van der Waals surface area contributed by atoms with Gasteiger partial charge in [0, 0.05) is 5.56 Å². The Morgan fingerprint density at radius 3 is 2.27 bits per heavy atom. The number of unbranched alkanes of at least 4 members (excludes halogenated alkanes) is 3. The monoisotopic (exact) mass is 429 g/mol. The van der Waals surface area contributed by atoms with E-state index < -0.39 is 11.8 Å². The molecule has 0 fully saturated rings. The molecule has 0 heterocycles. The first-order valence-corrected chi connectivity index (χ1v) is 10.3. The van der Waals surface area contributed by atoms with Crippen LogP contribution in [0.2, 0.25) is 0 Å².